The minimum absolute atomic E-state index is 0.0187. The van der Waals surface area contributed by atoms with Crippen molar-refractivity contribution in [3.05, 3.63) is 64.7 Å². The molecule has 0 saturated carbocycles. The molecule has 13 nitrogen and oxygen atoms in total. The van der Waals surface area contributed by atoms with Crippen LogP contribution in [0.3, 0.4) is 0 Å². The maximum absolute atomic E-state index is 14.1. The lowest BCUT2D eigenvalue weighted by atomic mass is 9.88. The van der Waals surface area contributed by atoms with Crippen molar-refractivity contribution in [3.63, 3.8) is 0 Å². The van der Waals surface area contributed by atoms with E-state index in [4.69, 9.17) is 9.47 Å². The van der Waals surface area contributed by atoms with Gasteiger partial charge in [0.25, 0.3) is 0 Å². The molecule has 2 aliphatic heterocycles. The molecule has 1 amide bonds. The molecule has 3 aromatic rings. The number of carbonyl (C=O) groups is 1. The number of amides is 1. The average Bonchev–Trinajstić information content (AvgIpc) is 3.42. The van der Waals surface area contributed by atoms with Crippen molar-refractivity contribution >= 4 is 36.9 Å². The number of nitrogens with zero attached hydrogens (tertiary/aromatic N) is 2. The summed E-state index contributed by atoms with van der Waals surface area (Å²) in [6, 6.07) is 9.09. The van der Waals surface area contributed by atoms with Gasteiger partial charge in [0.2, 0.25) is 15.5 Å². The Kier molecular flexibility index (Phi) is 9.48. The van der Waals surface area contributed by atoms with E-state index in [1.165, 1.54) is 40.7 Å². The summed E-state index contributed by atoms with van der Waals surface area (Å²) in [7, 11) is -7.76. The van der Waals surface area contributed by atoms with Gasteiger partial charge < -0.3 is 29.6 Å². The number of aromatic nitrogens is 1. The number of pyridine rings is 1. The van der Waals surface area contributed by atoms with E-state index in [1.54, 1.807) is 13.8 Å². The number of H-pyrrole nitrogens is 1. The Hall–Kier alpha value is -3.57. The van der Waals surface area contributed by atoms with E-state index in [-0.39, 0.29) is 73.7 Å². The first-order chi connectivity index (χ1) is 21.6. The summed E-state index contributed by atoms with van der Waals surface area (Å²) in [5.41, 5.74) is -1.69. The van der Waals surface area contributed by atoms with E-state index < -0.39 is 65.1 Å². The van der Waals surface area contributed by atoms with E-state index >= 15 is 0 Å². The molecular weight excluding hydrogens is 645 g/mol. The Morgan fingerprint density at radius 2 is 1.87 bits per heavy atom. The van der Waals surface area contributed by atoms with Gasteiger partial charge in [0, 0.05) is 24.7 Å². The highest BCUT2D eigenvalue weighted by Gasteiger charge is 2.47. The highest BCUT2D eigenvalue weighted by Crippen LogP contribution is 2.39. The van der Waals surface area contributed by atoms with Gasteiger partial charge >= 0.3 is 6.09 Å². The largest absolute Gasteiger partial charge is 0.491 e. The number of halogens is 1. The Morgan fingerprint density at radius 3 is 2.54 bits per heavy atom. The number of rotatable bonds is 10. The number of sulfone groups is 1. The van der Waals surface area contributed by atoms with Crippen molar-refractivity contribution in [1.29, 1.82) is 0 Å². The third-order valence-corrected chi connectivity index (χ3v) is 12.6. The molecule has 0 unspecified atom stereocenters. The standard InChI is InChI=1S/C30H36FN3O10S2/c1-19(2)45(39,40)23-6-3-5-22(13-23)43-18-21(35)16-34(29(37)38)20-14-30(44-17-20)9-11-33(12-10-30)46(41,42)26-15-32-27-24(28(26)36)7-4-8-25(27)31/h3-8,13,15,19-21,35H,9-12,14,16-18H2,1-2H3,(H,32,36)(H,37,38)/t20-,21+/m1/s1. The molecule has 46 heavy (non-hydrogen) atoms. The van der Waals surface area contributed by atoms with E-state index in [2.05, 4.69) is 4.98 Å². The molecular formula is C30H36FN3O10S2. The van der Waals surface area contributed by atoms with Gasteiger partial charge in [-0.3, -0.25) is 4.79 Å². The van der Waals surface area contributed by atoms with Crippen LogP contribution in [0.25, 0.3) is 10.9 Å². The second-order valence-electron chi connectivity index (χ2n) is 11.9. The third kappa shape index (κ3) is 6.62. The number of para-hydroxylation sites is 1. The number of piperidine rings is 1. The summed E-state index contributed by atoms with van der Waals surface area (Å²) in [5.74, 6) is -0.461. The number of benzene rings is 2. The number of hydrogen-bond acceptors (Lipinski definition) is 9. The number of sulfonamides is 1. The fourth-order valence-corrected chi connectivity index (χ4v) is 8.48. The summed E-state index contributed by atoms with van der Waals surface area (Å²) in [5, 5.41) is 19.9. The number of nitrogens with one attached hydrogen (secondary N) is 1. The molecule has 2 aromatic carbocycles. The Bertz CT molecular complexity index is 1890. The van der Waals surface area contributed by atoms with Crippen molar-refractivity contribution in [1.82, 2.24) is 14.2 Å². The number of aliphatic hydroxyl groups excluding tert-OH is 1. The Morgan fingerprint density at radius 1 is 1.17 bits per heavy atom. The van der Waals surface area contributed by atoms with Crippen LogP contribution in [0.15, 0.2) is 63.2 Å². The summed E-state index contributed by atoms with van der Waals surface area (Å²) in [4.78, 5) is 28.4. The van der Waals surface area contributed by atoms with Crippen LogP contribution in [0.1, 0.15) is 33.1 Å². The second-order valence-corrected chi connectivity index (χ2v) is 16.3. The number of ether oxygens (including phenoxy) is 2. The number of carboxylic acid groups (broad SMARTS) is 1. The average molecular weight is 682 g/mol. The number of hydrogen-bond donors (Lipinski definition) is 3. The number of fused-ring (bicyclic) bond motifs is 1. The molecule has 5 rings (SSSR count). The fourth-order valence-electron chi connectivity index (χ4n) is 5.90. The molecule has 250 valence electrons. The highest BCUT2D eigenvalue weighted by atomic mass is 32.2. The van der Waals surface area contributed by atoms with Crippen LogP contribution in [0.5, 0.6) is 5.75 Å². The van der Waals surface area contributed by atoms with Crippen molar-refractivity contribution in [3.8, 4) is 5.75 Å². The van der Waals surface area contributed by atoms with Gasteiger partial charge in [-0.15, -0.1) is 0 Å². The van der Waals surface area contributed by atoms with Crippen LogP contribution in [-0.4, -0.2) is 103 Å². The van der Waals surface area contributed by atoms with Gasteiger partial charge in [0.1, 0.15) is 29.2 Å². The second kappa shape index (κ2) is 12.9. The van der Waals surface area contributed by atoms with E-state index in [0.29, 0.717) is 0 Å². The SMILES string of the molecule is CC(C)S(=O)(=O)c1cccc(OC[C@@H](O)CN(C(=O)O)[C@H]2COC3(CCN(S(=O)(=O)c4c[nH]c5c(F)cccc5c4=O)CC3)C2)c1. The Labute approximate surface area is 265 Å². The lowest BCUT2D eigenvalue weighted by molar-refractivity contribution is -0.0319. The predicted molar refractivity (Wildman–Crippen MR) is 165 cm³/mol. The molecule has 2 atom stereocenters. The molecule has 16 heteroatoms. The number of aromatic amines is 1. The molecule has 2 aliphatic rings. The van der Waals surface area contributed by atoms with Gasteiger partial charge in [-0.1, -0.05) is 12.1 Å². The smallest absolute Gasteiger partial charge is 0.407 e. The van der Waals surface area contributed by atoms with Gasteiger partial charge in [0.15, 0.2) is 9.84 Å². The summed E-state index contributed by atoms with van der Waals surface area (Å²) >= 11 is 0. The van der Waals surface area contributed by atoms with Crippen LogP contribution in [0.2, 0.25) is 0 Å². The first-order valence-corrected chi connectivity index (χ1v) is 17.7. The monoisotopic (exact) mass is 681 g/mol. The van der Waals surface area contributed by atoms with Gasteiger partial charge in [-0.2, -0.15) is 4.31 Å². The highest BCUT2D eigenvalue weighted by molar-refractivity contribution is 7.92. The molecule has 3 N–H and O–H groups in total. The summed E-state index contributed by atoms with van der Waals surface area (Å²) < 4.78 is 78.6. The van der Waals surface area contributed by atoms with E-state index in [0.717, 1.165) is 17.2 Å². The molecule has 0 radical (unpaired) electrons. The molecule has 2 saturated heterocycles. The van der Waals surface area contributed by atoms with Crippen molar-refractivity contribution < 1.29 is 45.7 Å². The van der Waals surface area contributed by atoms with Crippen LogP contribution in [0.4, 0.5) is 9.18 Å². The maximum Gasteiger partial charge on any atom is 0.407 e. The van der Waals surface area contributed by atoms with Gasteiger partial charge in [0.05, 0.1) is 40.5 Å². The summed E-state index contributed by atoms with van der Waals surface area (Å²) in [6.07, 6.45) is -0.749. The van der Waals surface area contributed by atoms with Crippen molar-refractivity contribution in [2.45, 2.75) is 65.9 Å². The van der Waals surface area contributed by atoms with Gasteiger partial charge in [-0.25, -0.2) is 26.0 Å². The minimum atomic E-state index is -4.22. The molecule has 2 fully saturated rings. The maximum atomic E-state index is 14.1. The zero-order chi connectivity index (χ0) is 33.4. The van der Waals surface area contributed by atoms with E-state index in [9.17, 15) is 41.0 Å². The molecule has 1 spiro atoms. The quantitative estimate of drug-likeness (QED) is 0.288. The first-order valence-electron chi connectivity index (χ1n) is 14.7. The van der Waals surface area contributed by atoms with Crippen molar-refractivity contribution in [2.24, 2.45) is 0 Å². The van der Waals surface area contributed by atoms with Crippen LogP contribution >= 0.6 is 0 Å². The third-order valence-electron chi connectivity index (χ3n) is 8.56. The molecule has 3 heterocycles. The topological polar surface area (TPSA) is 184 Å². The van der Waals surface area contributed by atoms with Crippen LogP contribution in [-0.2, 0) is 24.6 Å². The van der Waals surface area contributed by atoms with Crippen molar-refractivity contribution in [2.75, 3.05) is 32.8 Å². The van der Waals surface area contributed by atoms with Crippen LogP contribution in [0, 0.1) is 5.82 Å². The molecule has 0 bridgehead atoms. The first kappa shape index (κ1) is 33.8. The van der Waals surface area contributed by atoms with Gasteiger partial charge in [-0.05, 0) is 63.4 Å². The van der Waals surface area contributed by atoms with E-state index in [1.807, 2.05) is 0 Å². The van der Waals surface area contributed by atoms with Crippen LogP contribution < -0.4 is 10.2 Å². The normalized spacial score (nSPS) is 19.5. The minimum Gasteiger partial charge on any atom is -0.491 e. The zero-order valence-corrected chi connectivity index (χ0v) is 26.9. The predicted octanol–water partition coefficient (Wildman–Crippen LogP) is 2.58. The summed E-state index contributed by atoms with van der Waals surface area (Å²) in [6.45, 7) is 2.62. The molecule has 1 aromatic heterocycles. The number of aliphatic hydroxyl groups is 1. The fraction of sp³-hybridized carbons (Fsp3) is 0.467. The Balaban J connectivity index is 1.20. The lowest BCUT2D eigenvalue weighted by Crippen LogP contribution is -2.49. The lowest BCUT2D eigenvalue weighted by Gasteiger charge is -2.38. The molecule has 0 aliphatic carbocycles. The zero-order valence-electron chi connectivity index (χ0n) is 25.3.